The summed E-state index contributed by atoms with van der Waals surface area (Å²) in [6, 6.07) is 61.3. The SMILES string of the molecule is c1ccc(-c2ccc3ccc4ccc(-c5ccc(-c6nc7c(-c8cccc9ccccc89)cccc7c7oc8ccccc8c67)cc5)nc4c3n2)cc1. The first-order chi connectivity index (χ1) is 26.3. The Labute approximate surface area is 304 Å². The molecule has 7 aromatic carbocycles. The number of hydrogen-bond donors (Lipinski definition) is 0. The number of nitrogens with zero attached hydrogens (tertiary/aromatic N) is 3. The van der Waals surface area contributed by atoms with Crippen LogP contribution in [0.15, 0.2) is 180 Å². The molecule has 0 radical (unpaired) electrons. The summed E-state index contributed by atoms with van der Waals surface area (Å²) in [6.45, 7) is 0. The zero-order valence-electron chi connectivity index (χ0n) is 28.5. The van der Waals surface area contributed by atoms with E-state index in [-0.39, 0.29) is 0 Å². The number of pyridine rings is 3. The van der Waals surface area contributed by atoms with Gasteiger partial charge in [-0.3, -0.25) is 0 Å². The van der Waals surface area contributed by atoms with Gasteiger partial charge in [0.05, 0.1) is 39.0 Å². The molecule has 11 rings (SSSR count). The molecule has 4 heterocycles. The van der Waals surface area contributed by atoms with Gasteiger partial charge in [-0.25, -0.2) is 15.0 Å². The van der Waals surface area contributed by atoms with Crippen LogP contribution in [-0.2, 0) is 0 Å². The predicted octanol–water partition coefficient (Wildman–Crippen LogP) is 13.1. The Bertz CT molecular complexity index is 3210. The molecule has 0 aliphatic rings. The van der Waals surface area contributed by atoms with Crippen LogP contribution in [0.3, 0.4) is 0 Å². The minimum Gasteiger partial charge on any atom is -0.455 e. The van der Waals surface area contributed by atoms with Crippen LogP contribution in [0.2, 0.25) is 0 Å². The summed E-state index contributed by atoms with van der Waals surface area (Å²) in [4.78, 5) is 15.8. The summed E-state index contributed by atoms with van der Waals surface area (Å²) in [5.41, 5.74) is 12.5. The van der Waals surface area contributed by atoms with Crippen LogP contribution >= 0.6 is 0 Å². The van der Waals surface area contributed by atoms with Crippen molar-refractivity contribution in [2.24, 2.45) is 0 Å². The largest absolute Gasteiger partial charge is 0.455 e. The molecule has 53 heavy (non-hydrogen) atoms. The van der Waals surface area contributed by atoms with E-state index < -0.39 is 0 Å². The van der Waals surface area contributed by atoms with E-state index in [4.69, 9.17) is 19.4 Å². The molecule has 11 aromatic rings. The smallest absolute Gasteiger partial charge is 0.147 e. The first-order valence-corrected chi connectivity index (χ1v) is 17.9. The number of benzene rings is 7. The molecular weight excluding hydrogens is 647 g/mol. The van der Waals surface area contributed by atoms with Gasteiger partial charge in [0.15, 0.2) is 0 Å². The molecule has 4 nitrogen and oxygen atoms in total. The van der Waals surface area contributed by atoms with Gasteiger partial charge in [-0.1, -0.05) is 152 Å². The fraction of sp³-hybridized carbons (Fsp3) is 0. The first kappa shape index (κ1) is 29.5. The molecule has 0 unspecified atom stereocenters. The van der Waals surface area contributed by atoms with Crippen molar-refractivity contribution in [1.29, 1.82) is 0 Å². The molecule has 0 saturated carbocycles. The highest BCUT2D eigenvalue weighted by molar-refractivity contribution is 6.21. The normalized spacial score (nSPS) is 11.8. The molecule has 246 valence electrons. The van der Waals surface area contributed by atoms with E-state index in [0.717, 1.165) is 99.5 Å². The molecule has 4 aromatic heterocycles. The standard InChI is InChI=1S/C49H29N3O/c1-2-11-31(12-3-1)41-28-26-34-24-25-35-27-29-42(51-47(35)46(34)50-41)32-20-22-33(23-21-32)45-44-39-15-6-7-19-43(39)53-49(44)40-18-9-17-38(48(40)52-45)37-16-8-13-30-10-4-5-14-36(30)37/h1-29H. The molecule has 4 heteroatoms. The van der Waals surface area contributed by atoms with Gasteiger partial charge in [-0.05, 0) is 40.6 Å². The van der Waals surface area contributed by atoms with E-state index in [2.05, 4.69) is 146 Å². The molecule has 0 atom stereocenters. The number of furan rings is 1. The monoisotopic (exact) mass is 675 g/mol. The van der Waals surface area contributed by atoms with Crippen molar-refractivity contribution >= 4 is 65.4 Å². The Kier molecular flexibility index (Phi) is 6.52. The van der Waals surface area contributed by atoms with E-state index in [0.29, 0.717) is 0 Å². The van der Waals surface area contributed by atoms with E-state index in [1.807, 2.05) is 30.3 Å². The van der Waals surface area contributed by atoms with Crippen molar-refractivity contribution in [2.75, 3.05) is 0 Å². The van der Waals surface area contributed by atoms with Crippen LogP contribution in [-0.4, -0.2) is 15.0 Å². The van der Waals surface area contributed by atoms with E-state index in [1.54, 1.807) is 0 Å². The van der Waals surface area contributed by atoms with Crippen LogP contribution in [0, 0.1) is 0 Å². The van der Waals surface area contributed by atoms with Crippen LogP contribution < -0.4 is 0 Å². The van der Waals surface area contributed by atoms with Crippen molar-refractivity contribution in [2.45, 2.75) is 0 Å². The number of hydrogen-bond acceptors (Lipinski definition) is 4. The molecule has 0 fully saturated rings. The van der Waals surface area contributed by atoms with Gasteiger partial charge >= 0.3 is 0 Å². The summed E-state index contributed by atoms with van der Waals surface area (Å²) in [5.74, 6) is 0. The topological polar surface area (TPSA) is 51.8 Å². The Balaban J connectivity index is 1.08. The van der Waals surface area contributed by atoms with Gasteiger partial charge in [0.2, 0.25) is 0 Å². The minimum absolute atomic E-state index is 0.849. The van der Waals surface area contributed by atoms with E-state index in [1.165, 1.54) is 10.8 Å². The summed E-state index contributed by atoms with van der Waals surface area (Å²) in [7, 11) is 0. The Morgan fingerprint density at radius 1 is 0.340 bits per heavy atom. The van der Waals surface area contributed by atoms with Gasteiger partial charge in [-0.2, -0.15) is 0 Å². The van der Waals surface area contributed by atoms with Crippen LogP contribution in [0.5, 0.6) is 0 Å². The van der Waals surface area contributed by atoms with Gasteiger partial charge in [0.25, 0.3) is 0 Å². The second-order valence-corrected chi connectivity index (χ2v) is 13.5. The lowest BCUT2D eigenvalue weighted by Gasteiger charge is -2.13. The molecule has 0 N–H and O–H groups in total. The Morgan fingerprint density at radius 2 is 0.906 bits per heavy atom. The number of fused-ring (bicyclic) bond motifs is 9. The highest BCUT2D eigenvalue weighted by atomic mass is 16.3. The molecule has 0 amide bonds. The Hall–Kier alpha value is -7.17. The van der Waals surface area contributed by atoms with Crippen LogP contribution in [0.25, 0.3) is 110 Å². The van der Waals surface area contributed by atoms with Crippen molar-refractivity contribution in [3.63, 3.8) is 0 Å². The fourth-order valence-corrected chi connectivity index (χ4v) is 7.87. The maximum atomic E-state index is 6.66. The third-order valence-corrected chi connectivity index (χ3v) is 10.5. The lowest BCUT2D eigenvalue weighted by Crippen LogP contribution is -1.93. The second kappa shape index (κ2) is 11.7. The molecule has 0 bridgehead atoms. The summed E-state index contributed by atoms with van der Waals surface area (Å²) in [6.07, 6.45) is 0. The number of para-hydroxylation sites is 2. The average molecular weight is 676 g/mol. The van der Waals surface area contributed by atoms with Gasteiger partial charge < -0.3 is 4.42 Å². The number of aromatic nitrogens is 3. The van der Waals surface area contributed by atoms with Crippen molar-refractivity contribution in [3.8, 4) is 44.9 Å². The van der Waals surface area contributed by atoms with Gasteiger partial charge in [0, 0.05) is 43.8 Å². The lowest BCUT2D eigenvalue weighted by molar-refractivity contribution is 0.672. The Morgan fingerprint density at radius 3 is 1.68 bits per heavy atom. The quantitative estimate of drug-likeness (QED) is 0.174. The zero-order chi connectivity index (χ0) is 34.9. The van der Waals surface area contributed by atoms with E-state index in [9.17, 15) is 0 Å². The molecule has 0 saturated heterocycles. The highest BCUT2D eigenvalue weighted by Gasteiger charge is 2.20. The number of rotatable bonds is 4. The molecule has 0 aliphatic carbocycles. The van der Waals surface area contributed by atoms with Crippen molar-refractivity contribution in [3.05, 3.63) is 176 Å². The maximum Gasteiger partial charge on any atom is 0.147 e. The molecular formula is C49H29N3O. The third kappa shape index (κ3) is 4.73. The summed E-state index contributed by atoms with van der Waals surface area (Å²) < 4.78 is 6.66. The highest BCUT2D eigenvalue weighted by Crippen LogP contribution is 2.43. The second-order valence-electron chi connectivity index (χ2n) is 13.5. The summed E-state index contributed by atoms with van der Waals surface area (Å²) in [5, 5.41) is 7.60. The minimum atomic E-state index is 0.849. The predicted molar refractivity (Wildman–Crippen MR) is 219 cm³/mol. The lowest BCUT2D eigenvalue weighted by atomic mass is 9.94. The van der Waals surface area contributed by atoms with E-state index >= 15 is 0 Å². The summed E-state index contributed by atoms with van der Waals surface area (Å²) >= 11 is 0. The van der Waals surface area contributed by atoms with Gasteiger partial charge in [-0.15, -0.1) is 0 Å². The van der Waals surface area contributed by atoms with Crippen molar-refractivity contribution in [1.82, 2.24) is 15.0 Å². The molecule has 0 aliphatic heterocycles. The zero-order valence-corrected chi connectivity index (χ0v) is 28.5. The van der Waals surface area contributed by atoms with Crippen LogP contribution in [0.4, 0.5) is 0 Å². The first-order valence-electron chi connectivity index (χ1n) is 17.9. The maximum absolute atomic E-state index is 6.66. The van der Waals surface area contributed by atoms with Crippen molar-refractivity contribution < 1.29 is 4.42 Å². The average Bonchev–Trinajstić information content (AvgIpc) is 3.63. The van der Waals surface area contributed by atoms with Gasteiger partial charge in [0.1, 0.15) is 11.2 Å². The third-order valence-electron chi connectivity index (χ3n) is 10.5. The molecule has 0 spiro atoms. The fourth-order valence-electron chi connectivity index (χ4n) is 7.87. The van der Waals surface area contributed by atoms with Crippen LogP contribution in [0.1, 0.15) is 0 Å².